The van der Waals surface area contributed by atoms with Gasteiger partial charge in [0.1, 0.15) is 0 Å². The lowest BCUT2D eigenvalue weighted by molar-refractivity contribution is -0.132. The van der Waals surface area contributed by atoms with Crippen molar-refractivity contribution in [2.45, 2.75) is 25.7 Å². The lowest BCUT2D eigenvalue weighted by Gasteiger charge is -2.39. The van der Waals surface area contributed by atoms with Crippen molar-refractivity contribution in [3.63, 3.8) is 0 Å². The molecule has 3 rings (SSSR count). The molecule has 4 nitrogen and oxygen atoms in total. The monoisotopic (exact) mass is 342 g/mol. The van der Waals surface area contributed by atoms with Crippen molar-refractivity contribution in [3.8, 4) is 5.75 Å². The Balaban J connectivity index is 0.00000192. The fraction of sp³-hybridized carbons (Fsp3) is 0.588. The van der Waals surface area contributed by atoms with Crippen molar-refractivity contribution in [3.05, 3.63) is 29.6 Å². The maximum absolute atomic E-state index is 13.7. The largest absolute Gasteiger partial charge is 0.494 e. The Labute approximate surface area is 142 Å². The van der Waals surface area contributed by atoms with Crippen molar-refractivity contribution in [2.75, 3.05) is 33.3 Å². The van der Waals surface area contributed by atoms with Gasteiger partial charge in [0.2, 0.25) is 5.91 Å². The van der Waals surface area contributed by atoms with Crippen LogP contribution in [0.3, 0.4) is 0 Å². The Morgan fingerprint density at radius 2 is 2.09 bits per heavy atom. The Bertz CT molecular complexity index is 552. The number of likely N-dealkylation sites (tertiary alicyclic amines) is 1. The number of carbonyl (C=O) groups excluding carboxylic acids is 1. The van der Waals surface area contributed by atoms with Gasteiger partial charge < -0.3 is 15.0 Å². The molecule has 2 saturated heterocycles. The van der Waals surface area contributed by atoms with Crippen molar-refractivity contribution in [1.29, 1.82) is 0 Å². The zero-order valence-electron chi connectivity index (χ0n) is 13.4. The zero-order valence-corrected chi connectivity index (χ0v) is 14.3. The number of hydrogen-bond donors (Lipinski definition) is 1. The van der Waals surface area contributed by atoms with Crippen LogP contribution >= 0.6 is 12.4 Å². The Morgan fingerprint density at radius 1 is 1.35 bits per heavy atom. The zero-order chi connectivity index (χ0) is 15.6. The third-order valence-corrected chi connectivity index (χ3v) is 5.08. The van der Waals surface area contributed by atoms with E-state index in [0.29, 0.717) is 11.0 Å². The highest BCUT2D eigenvalue weighted by atomic mass is 35.5. The quantitative estimate of drug-likeness (QED) is 0.917. The average molecular weight is 343 g/mol. The minimum atomic E-state index is -0.414. The number of hydrogen-bond acceptors (Lipinski definition) is 3. The molecule has 0 saturated carbocycles. The predicted octanol–water partition coefficient (Wildman–Crippen LogP) is 2.40. The molecule has 0 bridgehead atoms. The second-order valence-corrected chi connectivity index (χ2v) is 6.45. The van der Waals surface area contributed by atoms with E-state index in [9.17, 15) is 9.18 Å². The molecule has 1 aromatic carbocycles. The molecule has 0 aromatic heterocycles. The number of nitrogens with zero attached hydrogens (tertiary/aromatic N) is 1. The average Bonchev–Trinajstić information content (AvgIpc) is 2.96. The number of methoxy groups -OCH3 is 1. The van der Waals surface area contributed by atoms with Gasteiger partial charge in [-0.3, -0.25) is 4.79 Å². The summed E-state index contributed by atoms with van der Waals surface area (Å²) in [6.07, 6.45) is 3.62. The normalized spacial score (nSPS) is 19.5. The van der Waals surface area contributed by atoms with Gasteiger partial charge in [-0.25, -0.2) is 4.39 Å². The highest BCUT2D eigenvalue weighted by Gasteiger charge is 2.37. The number of nitrogens with one attached hydrogen (secondary N) is 1. The summed E-state index contributed by atoms with van der Waals surface area (Å²) in [7, 11) is 1.44. The van der Waals surface area contributed by atoms with Crippen LogP contribution in [0.2, 0.25) is 0 Å². The van der Waals surface area contributed by atoms with Crippen LogP contribution in [0, 0.1) is 11.2 Å². The SMILES string of the molecule is COc1ccc(CC(=O)N2CCC3(CCNC3)CC2)cc1F.Cl. The molecule has 2 heterocycles. The summed E-state index contributed by atoms with van der Waals surface area (Å²) in [5.41, 5.74) is 1.11. The molecule has 2 aliphatic rings. The fourth-order valence-electron chi connectivity index (χ4n) is 3.56. The molecular formula is C17H24ClFN2O2. The predicted molar refractivity (Wildman–Crippen MR) is 89.6 cm³/mol. The molecule has 1 aromatic rings. The van der Waals surface area contributed by atoms with Gasteiger partial charge in [-0.15, -0.1) is 12.4 Å². The van der Waals surface area contributed by atoms with Crippen LogP contribution in [0.4, 0.5) is 4.39 Å². The van der Waals surface area contributed by atoms with E-state index in [-0.39, 0.29) is 30.5 Å². The molecule has 23 heavy (non-hydrogen) atoms. The molecule has 0 atom stereocenters. The molecule has 0 unspecified atom stereocenters. The number of benzene rings is 1. The molecule has 2 fully saturated rings. The summed E-state index contributed by atoms with van der Waals surface area (Å²) in [6, 6.07) is 4.72. The summed E-state index contributed by atoms with van der Waals surface area (Å²) >= 11 is 0. The topological polar surface area (TPSA) is 41.6 Å². The third kappa shape index (κ3) is 3.96. The van der Waals surface area contributed by atoms with E-state index in [1.54, 1.807) is 12.1 Å². The van der Waals surface area contributed by atoms with Gasteiger partial charge in [0.05, 0.1) is 13.5 Å². The van der Waals surface area contributed by atoms with Crippen LogP contribution in [0.5, 0.6) is 5.75 Å². The van der Waals surface area contributed by atoms with Gasteiger partial charge in [0, 0.05) is 19.6 Å². The summed E-state index contributed by atoms with van der Waals surface area (Å²) in [5, 5.41) is 3.43. The molecule has 1 N–H and O–H groups in total. The lowest BCUT2D eigenvalue weighted by atomic mass is 9.78. The molecule has 0 radical (unpaired) electrons. The first-order valence-electron chi connectivity index (χ1n) is 7.93. The van der Waals surface area contributed by atoms with E-state index in [2.05, 4.69) is 5.32 Å². The Morgan fingerprint density at radius 3 is 2.65 bits per heavy atom. The first-order valence-corrected chi connectivity index (χ1v) is 7.93. The highest BCUT2D eigenvalue weighted by molar-refractivity contribution is 5.85. The summed E-state index contributed by atoms with van der Waals surface area (Å²) in [5.74, 6) is -0.113. The van der Waals surface area contributed by atoms with Gasteiger partial charge >= 0.3 is 0 Å². The Hall–Kier alpha value is -1.33. The van der Waals surface area contributed by atoms with Crippen LogP contribution in [0.25, 0.3) is 0 Å². The number of amides is 1. The minimum absolute atomic E-state index is 0. The summed E-state index contributed by atoms with van der Waals surface area (Å²) in [6.45, 7) is 3.82. The molecule has 2 aliphatic heterocycles. The molecule has 0 aliphatic carbocycles. The van der Waals surface area contributed by atoms with Crippen molar-refractivity contribution >= 4 is 18.3 Å². The fourth-order valence-corrected chi connectivity index (χ4v) is 3.56. The number of rotatable bonds is 3. The molecule has 6 heteroatoms. The van der Waals surface area contributed by atoms with E-state index in [4.69, 9.17) is 4.74 Å². The van der Waals surface area contributed by atoms with Crippen LogP contribution in [-0.2, 0) is 11.2 Å². The van der Waals surface area contributed by atoms with E-state index in [1.165, 1.54) is 19.6 Å². The third-order valence-electron chi connectivity index (χ3n) is 5.08. The molecule has 128 valence electrons. The lowest BCUT2D eigenvalue weighted by Crippen LogP contribution is -2.44. The van der Waals surface area contributed by atoms with Gasteiger partial charge in [0.25, 0.3) is 0 Å². The van der Waals surface area contributed by atoms with Gasteiger partial charge in [-0.2, -0.15) is 0 Å². The maximum atomic E-state index is 13.7. The number of piperidine rings is 1. The Kier molecular flexibility index (Phi) is 5.87. The summed E-state index contributed by atoms with van der Waals surface area (Å²) < 4.78 is 18.6. The van der Waals surface area contributed by atoms with Gasteiger partial charge in [0.15, 0.2) is 11.6 Å². The van der Waals surface area contributed by atoms with Crippen molar-refractivity contribution < 1.29 is 13.9 Å². The second-order valence-electron chi connectivity index (χ2n) is 6.45. The smallest absolute Gasteiger partial charge is 0.226 e. The van der Waals surface area contributed by atoms with Crippen LogP contribution < -0.4 is 10.1 Å². The summed E-state index contributed by atoms with van der Waals surface area (Å²) in [4.78, 5) is 14.3. The molecule has 1 amide bonds. The van der Waals surface area contributed by atoms with Crippen molar-refractivity contribution in [1.82, 2.24) is 10.2 Å². The van der Waals surface area contributed by atoms with E-state index in [0.717, 1.165) is 39.0 Å². The standard InChI is InChI=1S/C17H23FN2O2.ClH/c1-22-15-3-2-13(10-14(15)18)11-16(21)20-8-5-17(6-9-20)4-7-19-12-17;/h2-3,10,19H,4-9,11-12H2,1H3;1H. The van der Waals surface area contributed by atoms with E-state index < -0.39 is 5.82 Å². The van der Waals surface area contributed by atoms with E-state index >= 15 is 0 Å². The van der Waals surface area contributed by atoms with Crippen LogP contribution in [0.1, 0.15) is 24.8 Å². The van der Waals surface area contributed by atoms with Gasteiger partial charge in [-0.1, -0.05) is 6.07 Å². The second kappa shape index (κ2) is 7.49. The number of ether oxygens (including phenoxy) is 1. The first-order chi connectivity index (χ1) is 10.6. The van der Waals surface area contributed by atoms with E-state index in [1.807, 2.05) is 4.90 Å². The van der Waals surface area contributed by atoms with Crippen LogP contribution in [0.15, 0.2) is 18.2 Å². The first kappa shape index (κ1) is 18.0. The number of carbonyl (C=O) groups is 1. The minimum Gasteiger partial charge on any atom is -0.494 e. The molecule has 1 spiro atoms. The van der Waals surface area contributed by atoms with Gasteiger partial charge in [-0.05, 0) is 48.9 Å². The van der Waals surface area contributed by atoms with Crippen LogP contribution in [-0.4, -0.2) is 44.1 Å². The molecular weight excluding hydrogens is 319 g/mol. The number of halogens is 2. The highest BCUT2D eigenvalue weighted by Crippen LogP contribution is 2.37. The van der Waals surface area contributed by atoms with Crippen molar-refractivity contribution in [2.24, 2.45) is 5.41 Å². The maximum Gasteiger partial charge on any atom is 0.226 e.